The fourth-order valence-electron chi connectivity index (χ4n) is 14.8. The Morgan fingerprint density at radius 1 is 0.178 bits per heavy atom. The number of hydrogen-bond acceptors (Lipinski definition) is 2. The van der Waals surface area contributed by atoms with Crippen LogP contribution in [0.4, 0.5) is 0 Å². The SMILES string of the molecule is c1ccc(-n2c3ccc(-n4c5ccccc5c5cc6c(cc54)c4ccccc4n6-c4ccccc4)cc3c3ccncc32)cc1.c1ccc(-n2c3ccccc3c3cc4c(cc32)c2ccccc2n4-c2ccc3c(c2)c2cccnc2n3-c2ccccc2)cc1. The third-order valence-corrected chi connectivity index (χ3v) is 18.6. The lowest BCUT2D eigenvalue weighted by molar-refractivity contribution is 1.13. The Morgan fingerprint density at radius 3 is 0.900 bits per heavy atom. The monoisotopic (exact) mass is 1150 g/mol. The second-order valence-corrected chi connectivity index (χ2v) is 23.4. The number of para-hydroxylation sites is 8. The molecule has 0 fully saturated rings. The zero-order chi connectivity index (χ0) is 59.0. The third-order valence-electron chi connectivity index (χ3n) is 18.6. The molecule has 0 aliphatic carbocycles. The molecule has 8 aromatic heterocycles. The van der Waals surface area contributed by atoms with Gasteiger partial charge < -0.3 is 22.8 Å². The fraction of sp³-hybridized carbons (Fsp3) is 0. The number of nitrogens with zero attached hydrogens (tertiary/aromatic N) is 8. The van der Waals surface area contributed by atoms with Gasteiger partial charge in [-0.15, -0.1) is 0 Å². The van der Waals surface area contributed by atoms with Crippen LogP contribution < -0.4 is 0 Å². The molecular formula is C82H52N8. The van der Waals surface area contributed by atoms with Crippen molar-refractivity contribution in [3.8, 4) is 34.1 Å². The van der Waals surface area contributed by atoms with Crippen LogP contribution in [0.15, 0.2) is 316 Å². The molecule has 0 bridgehead atoms. The highest BCUT2D eigenvalue weighted by Gasteiger charge is 2.23. The second-order valence-electron chi connectivity index (χ2n) is 23.4. The molecule has 0 aliphatic rings. The first kappa shape index (κ1) is 49.9. The van der Waals surface area contributed by atoms with E-state index in [-0.39, 0.29) is 0 Å². The molecule has 420 valence electrons. The van der Waals surface area contributed by atoms with E-state index in [9.17, 15) is 0 Å². The number of pyridine rings is 2. The van der Waals surface area contributed by atoms with Crippen LogP contribution in [-0.4, -0.2) is 37.4 Å². The first-order valence-electron chi connectivity index (χ1n) is 30.6. The van der Waals surface area contributed by atoms with E-state index in [2.05, 4.69) is 324 Å². The van der Waals surface area contributed by atoms with Crippen molar-refractivity contribution in [2.75, 3.05) is 0 Å². The van der Waals surface area contributed by atoms with Crippen LogP contribution in [0.25, 0.3) is 165 Å². The Kier molecular flexibility index (Phi) is 10.9. The highest BCUT2D eigenvalue weighted by atomic mass is 15.1. The molecule has 0 N–H and O–H groups in total. The van der Waals surface area contributed by atoms with Crippen molar-refractivity contribution in [2.24, 2.45) is 0 Å². The number of fused-ring (bicyclic) bond motifs is 18. The molecule has 20 aromatic rings. The molecule has 90 heavy (non-hydrogen) atoms. The minimum Gasteiger partial charge on any atom is -0.309 e. The lowest BCUT2D eigenvalue weighted by Gasteiger charge is -2.11. The summed E-state index contributed by atoms with van der Waals surface area (Å²) in [5.74, 6) is 0. The minimum absolute atomic E-state index is 0.966. The number of rotatable bonds is 6. The molecule has 12 aromatic carbocycles. The fourth-order valence-corrected chi connectivity index (χ4v) is 14.8. The zero-order valence-electron chi connectivity index (χ0n) is 48.6. The van der Waals surface area contributed by atoms with Gasteiger partial charge in [-0.3, -0.25) is 9.55 Å². The van der Waals surface area contributed by atoms with Gasteiger partial charge in [0, 0.05) is 111 Å². The number of hydrogen-bond donors (Lipinski definition) is 0. The van der Waals surface area contributed by atoms with E-state index in [1.165, 1.54) is 120 Å². The molecule has 0 spiro atoms. The van der Waals surface area contributed by atoms with Gasteiger partial charge in [0.1, 0.15) is 5.65 Å². The third kappa shape index (κ3) is 7.36. The molecule has 0 amide bonds. The van der Waals surface area contributed by atoms with E-state index in [4.69, 9.17) is 4.98 Å². The molecule has 0 aliphatic heterocycles. The smallest absolute Gasteiger partial charge is 0.145 e. The molecule has 0 unspecified atom stereocenters. The van der Waals surface area contributed by atoms with Gasteiger partial charge in [0.25, 0.3) is 0 Å². The summed E-state index contributed by atoms with van der Waals surface area (Å²) in [7, 11) is 0. The van der Waals surface area contributed by atoms with Crippen LogP contribution in [0.5, 0.6) is 0 Å². The highest BCUT2D eigenvalue weighted by Crippen LogP contribution is 2.44. The number of aromatic nitrogens is 8. The summed E-state index contributed by atoms with van der Waals surface area (Å²) in [5, 5.41) is 14.7. The molecule has 8 heterocycles. The van der Waals surface area contributed by atoms with E-state index in [0.29, 0.717) is 0 Å². The molecule has 0 saturated heterocycles. The Labute approximate surface area is 515 Å². The van der Waals surface area contributed by atoms with Gasteiger partial charge in [0.05, 0.1) is 66.9 Å². The molecule has 8 nitrogen and oxygen atoms in total. The minimum atomic E-state index is 0.966. The van der Waals surface area contributed by atoms with Gasteiger partial charge in [-0.05, 0) is 152 Å². The summed E-state index contributed by atoms with van der Waals surface area (Å²) >= 11 is 0. The van der Waals surface area contributed by atoms with Crippen LogP contribution in [0.3, 0.4) is 0 Å². The van der Waals surface area contributed by atoms with Crippen molar-refractivity contribution >= 4 is 131 Å². The van der Waals surface area contributed by atoms with Crippen LogP contribution in [-0.2, 0) is 0 Å². The predicted molar refractivity (Wildman–Crippen MR) is 375 cm³/mol. The van der Waals surface area contributed by atoms with E-state index < -0.39 is 0 Å². The van der Waals surface area contributed by atoms with Crippen molar-refractivity contribution in [3.05, 3.63) is 316 Å². The van der Waals surface area contributed by atoms with E-state index in [1.807, 2.05) is 24.7 Å². The maximum atomic E-state index is 4.83. The second kappa shape index (κ2) is 19.6. The lowest BCUT2D eigenvalue weighted by Crippen LogP contribution is -1.96. The Morgan fingerprint density at radius 2 is 0.478 bits per heavy atom. The first-order valence-corrected chi connectivity index (χ1v) is 30.6. The summed E-state index contributed by atoms with van der Waals surface area (Å²) in [6, 6.07) is 107. The van der Waals surface area contributed by atoms with Crippen LogP contribution in [0, 0.1) is 0 Å². The Balaban J connectivity index is 0.000000130. The largest absolute Gasteiger partial charge is 0.309 e. The highest BCUT2D eigenvalue weighted by molar-refractivity contribution is 6.21. The lowest BCUT2D eigenvalue weighted by atomic mass is 10.1. The average molecular weight is 1150 g/mol. The van der Waals surface area contributed by atoms with Crippen molar-refractivity contribution in [1.82, 2.24) is 37.4 Å². The van der Waals surface area contributed by atoms with Crippen molar-refractivity contribution in [1.29, 1.82) is 0 Å². The molecule has 0 atom stereocenters. The predicted octanol–water partition coefficient (Wildman–Crippen LogP) is 20.7. The first-order chi connectivity index (χ1) is 44.7. The molecule has 0 radical (unpaired) electrons. The number of benzene rings is 12. The molecule has 0 saturated carbocycles. The summed E-state index contributed by atoms with van der Waals surface area (Å²) in [5.41, 5.74) is 20.9. The van der Waals surface area contributed by atoms with Gasteiger partial charge >= 0.3 is 0 Å². The normalized spacial score (nSPS) is 12.0. The van der Waals surface area contributed by atoms with Gasteiger partial charge in [-0.2, -0.15) is 0 Å². The van der Waals surface area contributed by atoms with Gasteiger partial charge in [-0.1, -0.05) is 146 Å². The molecule has 8 heteroatoms. The Bertz CT molecular complexity index is 5880. The van der Waals surface area contributed by atoms with E-state index in [0.717, 1.165) is 44.8 Å². The maximum absolute atomic E-state index is 4.83. The summed E-state index contributed by atoms with van der Waals surface area (Å²) in [6.07, 6.45) is 5.75. The molecule has 20 rings (SSSR count). The summed E-state index contributed by atoms with van der Waals surface area (Å²) < 4.78 is 14.2. The summed E-state index contributed by atoms with van der Waals surface area (Å²) in [4.78, 5) is 9.33. The van der Waals surface area contributed by atoms with Crippen molar-refractivity contribution < 1.29 is 0 Å². The standard InChI is InChI=1S/2C41H26N4/c1-3-12-27(13-4-1)43-36-19-9-7-16-30(36)34-26-40-35(25-39(34)43)31-17-8-10-20-37(31)44(40)29-21-22-38-33(24-29)32-18-11-23-42-41(32)45(38)28-14-5-2-6-15-28;1-3-11-27(12-4-1)43-36-17-9-7-15-30(36)34-25-40-35(24-39(34)43)31-16-8-10-18-37(31)45(40)29-19-20-38-33(23-29)32-21-22-42-26-41(32)44(38)28-13-5-2-6-14-28/h2*1-26H. The average Bonchev–Trinajstić information content (AvgIpc) is 1.70. The van der Waals surface area contributed by atoms with E-state index >= 15 is 0 Å². The van der Waals surface area contributed by atoms with Crippen LogP contribution in [0.1, 0.15) is 0 Å². The Hall–Kier alpha value is -12.3. The van der Waals surface area contributed by atoms with Crippen molar-refractivity contribution in [3.63, 3.8) is 0 Å². The molecular weight excluding hydrogens is 1100 g/mol. The van der Waals surface area contributed by atoms with Crippen LogP contribution in [0.2, 0.25) is 0 Å². The van der Waals surface area contributed by atoms with Gasteiger partial charge in [0.15, 0.2) is 0 Å². The van der Waals surface area contributed by atoms with E-state index in [1.54, 1.807) is 0 Å². The van der Waals surface area contributed by atoms with Gasteiger partial charge in [-0.25, -0.2) is 4.98 Å². The summed E-state index contributed by atoms with van der Waals surface area (Å²) in [6.45, 7) is 0. The van der Waals surface area contributed by atoms with Gasteiger partial charge in [0.2, 0.25) is 0 Å². The maximum Gasteiger partial charge on any atom is 0.145 e. The zero-order valence-corrected chi connectivity index (χ0v) is 48.6. The van der Waals surface area contributed by atoms with Crippen molar-refractivity contribution in [2.45, 2.75) is 0 Å². The van der Waals surface area contributed by atoms with Crippen LogP contribution >= 0.6 is 0 Å². The topological polar surface area (TPSA) is 55.4 Å². The quantitative estimate of drug-likeness (QED) is 0.167.